The van der Waals surface area contributed by atoms with Crippen molar-refractivity contribution in [2.24, 2.45) is 0 Å². The number of para-hydroxylation sites is 1. The second-order valence-electron chi connectivity index (χ2n) is 11.6. The van der Waals surface area contributed by atoms with E-state index in [4.69, 9.17) is 33.7 Å². The maximum absolute atomic E-state index is 14.1. The molecule has 1 unspecified atom stereocenters. The number of carbonyl (C=O) groups excluding carboxylic acids is 2. The lowest BCUT2D eigenvalue weighted by molar-refractivity contribution is -0.133. The summed E-state index contributed by atoms with van der Waals surface area (Å²) in [4.78, 5) is 30.5. The summed E-state index contributed by atoms with van der Waals surface area (Å²) >= 11 is 12.5. The first-order valence-electron chi connectivity index (χ1n) is 15.2. The fraction of sp³-hybridized carbons (Fsp3) is 0.333. The zero-order valence-corrected chi connectivity index (χ0v) is 26.7. The topological polar surface area (TPSA) is 127 Å². The summed E-state index contributed by atoms with van der Waals surface area (Å²) in [7, 11) is 0. The SMILES string of the molecule is C[C@@H](Oc1cc(-c2cnn(C3CCN(Cc4ccccc4NC4CCC(=O)NC4=O)CC3)c2)cnc1N)c1c(Cl)ccc(F)c1Cl. The molecule has 2 atom stereocenters. The molecule has 13 heteroatoms. The molecule has 2 fully saturated rings. The quantitative estimate of drug-likeness (QED) is 0.143. The molecule has 6 rings (SSSR count). The number of pyridine rings is 1. The van der Waals surface area contributed by atoms with E-state index in [9.17, 15) is 14.0 Å². The first-order valence-corrected chi connectivity index (χ1v) is 15.9. The summed E-state index contributed by atoms with van der Waals surface area (Å²) in [5.41, 5.74) is 10.1. The van der Waals surface area contributed by atoms with Crippen LogP contribution in [0.4, 0.5) is 15.9 Å². The van der Waals surface area contributed by atoms with Gasteiger partial charge >= 0.3 is 0 Å². The van der Waals surface area contributed by atoms with Crippen LogP contribution in [-0.4, -0.2) is 50.6 Å². The number of piperidine rings is 2. The van der Waals surface area contributed by atoms with Gasteiger partial charge in [0.1, 0.15) is 18.0 Å². The van der Waals surface area contributed by atoms with Crippen molar-refractivity contribution >= 4 is 46.5 Å². The number of rotatable bonds is 9. The number of halogens is 3. The molecule has 2 aliphatic heterocycles. The molecule has 240 valence electrons. The van der Waals surface area contributed by atoms with Gasteiger partial charge in [0.15, 0.2) is 11.6 Å². The highest BCUT2D eigenvalue weighted by atomic mass is 35.5. The molecule has 2 aliphatic rings. The van der Waals surface area contributed by atoms with E-state index in [1.54, 1.807) is 25.4 Å². The molecule has 4 heterocycles. The molecule has 0 saturated carbocycles. The van der Waals surface area contributed by atoms with Crippen molar-refractivity contribution in [1.29, 1.82) is 0 Å². The highest BCUT2D eigenvalue weighted by molar-refractivity contribution is 6.36. The first-order chi connectivity index (χ1) is 22.2. The van der Waals surface area contributed by atoms with E-state index >= 15 is 0 Å². The number of nitrogens with two attached hydrogens (primary N) is 1. The zero-order valence-electron chi connectivity index (χ0n) is 25.2. The maximum atomic E-state index is 14.1. The first kappa shape index (κ1) is 31.8. The Kier molecular flexibility index (Phi) is 9.44. The van der Waals surface area contributed by atoms with Crippen molar-refractivity contribution < 1.29 is 18.7 Å². The standard InChI is InChI=1S/C33H34Cl2FN7O3/c1-19(30-24(34)6-7-25(36)31(30)35)46-28-14-21(15-38-32(28)37)22-16-39-43(18-22)23-10-12-42(13-11-23)17-20-4-2-3-5-26(20)40-27-8-9-29(44)41-33(27)45/h2-7,14-16,18-19,23,27,40H,8-13,17H2,1H3,(H2,37,38)(H,41,44,45)/t19-,27?/m1/s1. The molecule has 10 nitrogen and oxygen atoms in total. The third-order valence-electron chi connectivity index (χ3n) is 8.52. The Hall–Kier alpha value is -4.19. The number of ether oxygens (including phenoxy) is 1. The van der Waals surface area contributed by atoms with E-state index in [2.05, 4.69) is 31.7 Å². The smallest absolute Gasteiger partial charge is 0.249 e. The third-order valence-corrected chi connectivity index (χ3v) is 9.23. The van der Waals surface area contributed by atoms with Gasteiger partial charge in [0.05, 0.1) is 17.3 Å². The van der Waals surface area contributed by atoms with Gasteiger partial charge in [-0.2, -0.15) is 5.10 Å². The Morgan fingerprint density at radius 3 is 2.67 bits per heavy atom. The number of amides is 2. The summed E-state index contributed by atoms with van der Waals surface area (Å²) in [6, 6.07) is 12.2. The van der Waals surface area contributed by atoms with E-state index in [0.717, 1.165) is 54.9 Å². The van der Waals surface area contributed by atoms with Crippen molar-refractivity contribution in [3.63, 3.8) is 0 Å². The number of nitrogen functional groups attached to an aromatic ring is 1. The number of likely N-dealkylation sites (tertiary alicyclic amines) is 1. The molecule has 0 aliphatic carbocycles. The lowest BCUT2D eigenvalue weighted by Crippen LogP contribution is -2.47. The van der Waals surface area contributed by atoms with Gasteiger partial charge in [-0.05, 0) is 56.0 Å². The van der Waals surface area contributed by atoms with Crippen LogP contribution in [0.1, 0.15) is 55.9 Å². The molecular weight excluding hydrogens is 632 g/mol. The lowest BCUT2D eigenvalue weighted by Gasteiger charge is -2.33. The molecule has 2 amide bonds. The normalized spacial score (nSPS) is 18.3. The lowest BCUT2D eigenvalue weighted by atomic mass is 10.0. The van der Waals surface area contributed by atoms with Crippen molar-refractivity contribution in [3.8, 4) is 16.9 Å². The maximum Gasteiger partial charge on any atom is 0.249 e. The Labute approximate surface area is 276 Å². The van der Waals surface area contributed by atoms with Crippen LogP contribution in [0.2, 0.25) is 10.0 Å². The van der Waals surface area contributed by atoms with E-state index in [-0.39, 0.29) is 28.7 Å². The minimum absolute atomic E-state index is 0.0943. The number of aromatic nitrogens is 3. The molecule has 0 spiro atoms. The Balaban J connectivity index is 1.08. The average molecular weight is 667 g/mol. The van der Waals surface area contributed by atoms with Crippen molar-refractivity contribution in [1.82, 2.24) is 25.0 Å². The summed E-state index contributed by atoms with van der Waals surface area (Å²) < 4.78 is 22.2. The second-order valence-corrected chi connectivity index (χ2v) is 12.4. The van der Waals surface area contributed by atoms with Gasteiger partial charge < -0.3 is 15.8 Å². The number of carbonyl (C=O) groups is 2. The van der Waals surface area contributed by atoms with Crippen LogP contribution in [0.5, 0.6) is 5.75 Å². The van der Waals surface area contributed by atoms with Gasteiger partial charge in [0, 0.05) is 65.8 Å². The van der Waals surface area contributed by atoms with Crippen LogP contribution in [0.3, 0.4) is 0 Å². The van der Waals surface area contributed by atoms with Crippen molar-refractivity contribution in [2.45, 2.75) is 57.3 Å². The van der Waals surface area contributed by atoms with Crippen LogP contribution in [-0.2, 0) is 16.1 Å². The summed E-state index contributed by atoms with van der Waals surface area (Å²) in [6.45, 7) is 4.24. The number of hydrogen-bond donors (Lipinski definition) is 3. The highest BCUT2D eigenvalue weighted by Gasteiger charge is 2.28. The number of nitrogens with zero attached hydrogens (tertiary/aromatic N) is 4. The highest BCUT2D eigenvalue weighted by Crippen LogP contribution is 2.37. The van der Waals surface area contributed by atoms with E-state index in [1.165, 1.54) is 12.1 Å². The van der Waals surface area contributed by atoms with Gasteiger partial charge in [-0.1, -0.05) is 41.4 Å². The van der Waals surface area contributed by atoms with Gasteiger partial charge in [0.25, 0.3) is 0 Å². The molecule has 0 bridgehead atoms. The molecule has 4 N–H and O–H groups in total. The van der Waals surface area contributed by atoms with Gasteiger partial charge in [-0.3, -0.25) is 24.5 Å². The summed E-state index contributed by atoms with van der Waals surface area (Å²) in [5.74, 6) is -0.572. The molecule has 46 heavy (non-hydrogen) atoms. The number of nitrogens with one attached hydrogen (secondary N) is 2. The molecule has 2 aromatic carbocycles. The predicted molar refractivity (Wildman–Crippen MR) is 175 cm³/mol. The predicted octanol–water partition coefficient (Wildman–Crippen LogP) is 6.17. The van der Waals surface area contributed by atoms with Crippen LogP contribution >= 0.6 is 23.2 Å². The minimum Gasteiger partial charge on any atom is -0.482 e. The van der Waals surface area contributed by atoms with Crippen LogP contribution in [0.15, 0.2) is 61.1 Å². The Morgan fingerprint density at radius 1 is 1.11 bits per heavy atom. The largest absolute Gasteiger partial charge is 0.482 e. The fourth-order valence-corrected chi connectivity index (χ4v) is 6.64. The number of benzene rings is 2. The molecular formula is C33H34Cl2FN7O3. The molecule has 2 saturated heterocycles. The van der Waals surface area contributed by atoms with Crippen LogP contribution in [0.25, 0.3) is 11.1 Å². The van der Waals surface area contributed by atoms with Gasteiger partial charge in [0.2, 0.25) is 11.8 Å². The van der Waals surface area contributed by atoms with Gasteiger partial charge in [-0.15, -0.1) is 0 Å². The number of hydrogen-bond acceptors (Lipinski definition) is 8. The number of imide groups is 1. The minimum atomic E-state index is -0.678. The summed E-state index contributed by atoms with van der Waals surface area (Å²) in [6.07, 6.45) is 7.44. The molecule has 4 aromatic rings. The zero-order chi connectivity index (χ0) is 32.4. The van der Waals surface area contributed by atoms with Crippen molar-refractivity contribution in [3.05, 3.63) is 88.0 Å². The van der Waals surface area contributed by atoms with Crippen molar-refractivity contribution in [2.75, 3.05) is 24.1 Å². The fourth-order valence-electron chi connectivity index (χ4n) is 5.96. The van der Waals surface area contributed by atoms with Crippen LogP contribution < -0.4 is 21.1 Å². The second kappa shape index (κ2) is 13.7. The van der Waals surface area contributed by atoms with Gasteiger partial charge in [-0.25, -0.2) is 9.37 Å². The Morgan fingerprint density at radius 2 is 1.89 bits per heavy atom. The average Bonchev–Trinajstić information content (AvgIpc) is 3.53. The Bertz CT molecular complexity index is 1760. The molecule has 2 aromatic heterocycles. The van der Waals surface area contributed by atoms with E-state index in [0.29, 0.717) is 29.2 Å². The monoisotopic (exact) mass is 665 g/mol. The number of anilines is 2. The van der Waals surface area contributed by atoms with Crippen LogP contribution in [0, 0.1) is 5.82 Å². The summed E-state index contributed by atoms with van der Waals surface area (Å²) in [5, 5.41) is 10.6. The van der Waals surface area contributed by atoms with E-state index in [1.807, 2.05) is 29.1 Å². The molecule has 0 radical (unpaired) electrons. The van der Waals surface area contributed by atoms with E-state index < -0.39 is 18.0 Å². The third kappa shape index (κ3) is 6.96.